The maximum Gasteiger partial charge on any atom is 0.275 e. The van der Waals surface area contributed by atoms with E-state index in [1.54, 1.807) is 11.8 Å². The Labute approximate surface area is 167 Å². The summed E-state index contributed by atoms with van der Waals surface area (Å²) in [5.74, 6) is -0.148. The zero-order valence-corrected chi connectivity index (χ0v) is 16.2. The highest BCUT2D eigenvalue weighted by Gasteiger charge is 2.25. The summed E-state index contributed by atoms with van der Waals surface area (Å²) in [6, 6.07) is 14.9. The number of para-hydroxylation sites is 2. The predicted octanol–water partition coefficient (Wildman–Crippen LogP) is 3.45. The van der Waals surface area contributed by atoms with Gasteiger partial charge < -0.3 is 9.80 Å². The van der Waals surface area contributed by atoms with Gasteiger partial charge in [-0.3, -0.25) is 9.59 Å². The van der Waals surface area contributed by atoms with Crippen LogP contribution in [-0.4, -0.2) is 52.7 Å². The number of aromatic nitrogens is 2. The van der Waals surface area contributed by atoms with Crippen LogP contribution in [-0.2, 0) is 0 Å². The second-order valence-electron chi connectivity index (χ2n) is 6.73. The Bertz CT molecular complexity index is 1040. The summed E-state index contributed by atoms with van der Waals surface area (Å²) < 4.78 is 0. The number of ketones is 1. The summed E-state index contributed by atoms with van der Waals surface area (Å²) in [4.78, 5) is 37.0. The molecule has 0 radical (unpaired) electrons. The van der Waals surface area contributed by atoms with Crippen molar-refractivity contribution in [2.75, 3.05) is 31.1 Å². The second-order valence-corrected chi connectivity index (χ2v) is 7.09. The zero-order valence-electron chi connectivity index (χ0n) is 15.4. The van der Waals surface area contributed by atoms with Crippen molar-refractivity contribution in [1.29, 1.82) is 0 Å². The van der Waals surface area contributed by atoms with Gasteiger partial charge in [-0.25, -0.2) is 9.97 Å². The van der Waals surface area contributed by atoms with Crippen molar-refractivity contribution in [3.63, 3.8) is 0 Å². The first-order chi connectivity index (χ1) is 13.5. The molecule has 1 amide bonds. The second kappa shape index (κ2) is 7.56. The number of rotatable bonds is 3. The molecule has 2 heterocycles. The third-order valence-corrected chi connectivity index (χ3v) is 5.20. The Balaban J connectivity index is 1.47. The molecule has 0 spiro atoms. The Kier molecular flexibility index (Phi) is 4.96. The van der Waals surface area contributed by atoms with E-state index in [9.17, 15) is 9.59 Å². The molecule has 1 saturated heterocycles. The van der Waals surface area contributed by atoms with Gasteiger partial charge in [0.1, 0.15) is 0 Å². The van der Waals surface area contributed by atoms with Gasteiger partial charge in [0.25, 0.3) is 5.91 Å². The molecule has 0 N–H and O–H groups in total. The first kappa shape index (κ1) is 18.4. The van der Waals surface area contributed by atoms with Crippen molar-refractivity contribution < 1.29 is 9.59 Å². The summed E-state index contributed by atoms with van der Waals surface area (Å²) >= 11 is 6.22. The van der Waals surface area contributed by atoms with Crippen molar-refractivity contribution >= 4 is 40.0 Å². The average Bonchev–Trinajstić information content (AvgIpc) is 2.73. The molecule has 0 unspecified atom stereocenters. The van der Waals surface area contributed by atoms with Gasteiger partial charge in [-0.2, -0.15) is 0 Å². The SMILES string of the molecule is CC(=O)c1ccc(N2CCN(C(=O)c3nc4ccccc4nc3Cl)CC2)cc1. The highest BCUT2D eigenvalue weighted by atomic mass is 35.5. The van der Waals surface area contributed by atoms with E-state index in [-0.39, 0.29) is 22.5 Å². The number of hydrogen-bond acceptors (Lipinski definition) is 5. The number of piperazine rings is 1. The smallest absolute Gasteiger partial charge is 0.275 e. The van der Waals surface area contributed by atoms with Crippen molar-refractivity contribution in [1.82, 2.24) is 14.9 Å². The van der Waals surface area contributed by atoms with Crippen LogP contribution in [0.2, 0.25) is 5.15 Å². The van der Waals surface area contributed by atoms with Gasteiger partial charge in [0, 0.05) is 37.4 Å². The molecule has 6 nitrogen and oxygen atoms in total. The molecule has 7 heteroatoms. The lowest BCUT2D eigenvalue weighted by Gasteiger charge is -2.36. The fraction of sp³-hybridized carbons (Fsp3) is 0.238. The van der Waals surface area contributed by atoms with E-state index in [4.69, 9.17) is 11.6 Å². The van der Waals surface area contributed by atoms with E-state index in [1.165, 1.54) is 0 Å². The Morgan fingerprint density at radius 3 is 2.11 bits per heavy atom. The third-order valence-electron chi connectivity index (χ3n) is 4.94. The maximum atomic E-state index is 12.9. The number of carbonyl (C=O) groups is 2. The van der Waals surface area contributed by atoms with Gasteiger partial charge in [0.15, 0.2) is 16.6 Å². The fourth-order valence-corrected chi connectivity index (χ4v) is 3.55. The summed E-state index contributed by atoms with van der Waals surface area (Å²) in [5, 5.41) is 0.131. The number of halogens is 1. The fourth-order valence-electron chi connectivity index (χ4n) is 3.34. The highest BCUT2D eigenvalue weighted by molar-refractivity contribution is 6.32. The normalized spacial score (nSPS) is 14.4. The number of fused-ring (bicyclic) bond motifs is 1. The third kappa shape index (κ3) is 3.55. The van der Waals surface area contributed by atoms with Gasteiger partial charge in [-0.1, -0.05) is 23.7 Å². The van der Waals surface area contributed by atoms with Crippen LogP contribution in [0.1, 0.15) is 27.8 Å². The molecule has 2 aromatic carbocycles. The number of carbonyl (C=O) groups excluding carboxylic acids is 2. The molecule has 1 aromatic heterocycles. The molecule has 142 valence electrons. The topological polar surface area (TPSA) is 66.4 Å². The molecule has 0 saturated carbocycles. The van der Waals surface area contributed by atoms with E-state index < -0.39 is 0 Å². The molecule has 0 bridgehead atoms. The van der Waals surface area contributed by atoms with Crippen molar-refractivity contribution in [3.05, 3.63) is 64.9 Å². The Morgan fingerprint density at radius 2 is 1.50 bits per heavy atom. The van der Waals surface area contributed by atoms with Crippen LogP contribution in [0, 0.1) is 0 Å². The van der Waals surface area contributed by atoms with E-state index in [0.717, 1.165) is 5.69 Å². The molecule has 0 aliphatic carbocycles. The van der Waals surface area contributed by atoms with Crippen LogP contribution in [0.3, 0.4) is 0 Å². The number of hydrogen-bond donors (Lipinski definition) is 0. The number of benzene rings is 2. The van der Waals surface area contributed by atoms with E-state index in [2.05, 4.69) is 14.9 Å². The largest absolute Gasteiger partial charge is 0.368 e. The van der Waals surface area contributed by atoms with Crippen LogP contribution in [0.4, 0.5) is 5.69 Å². The molecular weight excluding hydrogens is 376 g/mol. The van der Waals surface area contributed by atoms with Crippen LogP contribution in [0.25, 0.3) is 11.0 Å². The number of anilines is 1. The Hall–Kier alpha value is -2.99. The lowest BCUT2D eigenvalue weighted by atomic mass is 10.1. The number of Topliss-reactive ketones (excluding diaryl/α,β-unsaturated/α-hetero) is 1. The summed E-state index contributed by atoms with van der Waals surface area (Å²) in [5.41, 5.74) is 3.25. The first-order valence-electron chi connectivity index (χ1n) is 9.10. The predicted molar refractivity (Wildman–Crippen MR) is 109 cm³/mol. The number of nitrogens with zero attached hydrogens (tertiary/aromatic N) is 4. The molecular formula is C21H19ClN4O2. The zero-order chi connectivity index (χ0) is 19.7. The highest BCUT2D eigenvalue weighted by Crippen LogP contribution is 2.21. The van der Waals surface area contributed by atoms with Crippen molar-refractivity contribution in [2.45, 2.75) is 6.92 Å². The van der Waals surface area contributed by atoms with Gasteiger partial charge >= 0.3 is 0 Å². The molecule has 4 rings (SSSR count). The van der Waals surface area contributed by atoms with Crippen LogP contribution < -0.4 is 4.90 Å². The minimum absolute atomic E-state index is 0.0512. The monoisotopic (exact) mass is 394 g/mol. The van der Waals surface area contributed by atoms with Crippen molar-refractivity contribution in [2.24, 2.45) is 0 Å². The van der Waals surface area contributed by atoms with E-state index in [1.807, 2.05) is 48.5 Å². The first-order valence-corrected chi connectivity index (χ1v) is 9.48. The lowest BCUT2D eigenvalue weighted by Crippen LogP contribution is -2.49. The van der Waals surface area contributed by atoms with E-state index >= 15 is 0 Å². The van der Waals surface area contributed by atoms with Crippen LogP contribution in [0.5, 0.6) is 0 Å². The molecule has 1 aliphatic heterocycles. The summed E-state index contributed by atoms with van der Waals surface area (Å²) in [7, 11) is 0. The van der Waals surface area contributed by atoms with Gasteiger partial charge in [-0.15, -0.1) is 0 Å². The standard InChI is InChI=1S/C21H19ClN4O2/c1-14(27)15-6-8-16(9-7-15)25-10-12-26(13-11-25)21(28)19-20(22)24-18-5-3-2-4-17(18)23-19/h2-9H,10-13H2,1H3. The minimum atomic E-state index is -0.199. The summed E-state index contributed by atoms with van der Waals surface area (Å²) in [6.07, 6.45) is 0. The molecule has 0 atom stereocenters. The van der Waals surface area contributed by atoms with Gasteiger partial charge in [0.05, 0.1) is 11.0 Å². The van der Waals surface area contributed by atoms with Crippen molar-refractivity contribution in [3.8, 4) is 0 Å². The number of amides is 1. The molecule has 3 aromatic rings. The average molecular weight is 395 g/mol. The molecule has 1 fully saturated rings. The van der Waals surface area contributed by atoms with E-state index in [0.29, 0.717) is 42.8 Å². The maximum absolute atomic E-state index is 12.9. The molecule has 1 aliphatic rings. The van der Waals surface area contributed by atoms with Crippen LogP contribution in [0.15, 0.2) is 48.5 Å². The summed E-state index contributed by atoms with van der Waals surface area (Å²) in [6.45, 7) is 4.09. The van der Waals surface area contributed by atoms with Crippen LogP contribution >= 0.6 is 11.6 Å². The lowest BCUT2D eigenvalue weighted by molar-refractivity contribution is 0.0741. The van der Waals surface area contributed by atoms with Gasteiger partial charge in [-0.05, 0) is 43.3 Å². The molecule has 28 heavy (non-hydrogen) atoms. The minimum Gasteiger partial charge on any atom is -0.368 e. The van der Waals surface area contributed by atoms with Gasteiger partial charge in [0.2, 0.25) is 0 Å². The quantitative estimate of drug-likeness (QED) is 0.636. The Morgan fingerprint density at radius 1 is 0.893 bits per heavy atom.